The summed E-state index contributed by atoms with van der Waals surface area (Å²) in [5.74, 6) is 0.559. The van der Waals surface area contributed by atoms with Crippen molar-refractivity contribution in [2.45, 2.75) is 0 Å². The molecule has 3 N–H and O–H groups in total. The van der Waals surface area contributed by atoms with Crippen LogP contribution in [0.3, 0.4) is 0 Å². The van der Waals surface area contributed by atoms with Crippen LogP contribution in [0.4, 0.5) is 5.69 Å². The van der Waals surface area contributed by atoms with Gasteiger partial charge < -0.3 is 15.6 Å². The van der Waals surface area contributed by atoms with E-state index in [1.54, 1.807) is 23.5 Å². The molecule has 3 aromatic rings. The first kappa shape index (κ1) is 15.1. The first-order chi connectivity index (χ1) is 11.2. The Morgan fingerprint density at radius 1 is 1.13 bits per heavy atom. The number of ether oxygens (including phenoxy) is 1. The van der Waals surface area contributed by atoms with Crippen molar-refractivity contribution in [2.24, 2.45) is 0 Å². The number of nitrogens with zero attached hydrogens (tertiary/aromatic N) is 1. The molecule has 0 spiro atoms. The Balaban J connectivity index is 1.77. The molecule has 0 amide bonds. The fraction of sp³-hybridized carbons (Fsp3) is 0.0556. The molecule has 5 heteroatoms. The van der Waals surface area contributed by atoms with Crippen molar-refractivity contribution < 1.29 is 9.84 Å². The number of thiazole rings is 1. The Labute approximate surface area is 138 Å². The second kappa shape index (κ2) is 6.54. The Kier molecular flexibility index (Phi) is 4.30. The minimum atomic E-state index is 0.101. The van der Waals surface area contributed by atoms with Crippen LogP contribution < -0.4 is 10.5 Å². The molecular formula is C18H16N2O2S. The zero-order valence-electron chi connectivity index (χ0n) is 12.6. The van der Waals surface area contributed by atoms with E-state index in [2.05, 4.69) is 4.98 Å². The molecule has 0 aliphatic carbocycles. The monoisotopic (exact) mass is 324 g/mol. The van der Waals surface area contributed by atoms with Crippen molar-refractivity contribution in [2.75, 3.05) is 12.8 Å². The van der Waals surface area contributed by atoms with Crippen LogP contribution in [0.5, 0.6) is 11.5 Å². The molecule has 2 aromatic carbocycles. The first-order valence-corrected chi connectivity index (χ1v) is 7.85. The van der Waals surface area contributed by atoms with Crippen molar-refractivity contribution in [3.05, 3.63) is 59.1 Å². The molecule has 0 fully saturated rings. The molecule has 1 heterocycles. The summed E-state index contributed by atoms with van der Waals surface area (Å²) in [5, 5.41) is 10.6. The molecule has 0 bridgehead atoms. The minimum absolute atomic E-state index is 0.101. The standard InChI is InChI=1S/C18H16N2O2S/c1-22-16-11-17-14(10-15(16)21)20-18(23-17)5-3-2-4-12-6-8-13(19)9-7-12/h2-11,21H,19H2,1H3. The minimum Gasteiger partial charge on any atom is -0.504 e. The summed E-state index contributed by atoms with van der Waals surface area (Å²) in [4.78, 5) is 4.47. The number of anilines is 1. The molecule has 0 unspecified atom stereocenters. The highest BCUT2D eigenvalue weighted by molar-refractivity contribution is 7.19. The van der Waals surface area contributed by atoms with Crippen molar-refractivity contribution in [1.29, 1.82) is 0 Å². The third-order valence-corrected chi connectivity index (χ3v) is 4.26. The number of hydrogen-bond donors (Lipinski definition) is 2. The van der Waals surface area contributed by atoms with Crippen molar-refractivity contribution in [1.82, 2.24) is 4.98 Å². The van der Waals surface area contributed by atoms with Gasteiger partial charge in [-0.25, -0.2) is 4.98 Å². The van der Waals surface area contributed by atoms with Gasteiger partial charge >= 0.3 is 0 Å². The van der Waals surface area contributed by atoms with Gasteiger partial charge in [0.25, 0.3) is 0 Å². The summed E-state index contributed by atoms with van der Waals surface area (Å²) < 4.78 is 6.08. The number of aromatic nitrogens is 1. The third-order valence-electron chi connectivity index (χ3n) is 3.28. The fourth-order valence-electron chi connectivity index (χ4n) is 2.11. The third kappa shape index (κ3) is 3.52. The van der Waals surface area contributed by atoms with E-state index in [0.29, 0.717) is 5.75 Å². The number of methoxy groups -OCH3 is 1. The summed E-state index contributed by atoms with van der Waals surface area (Å²) in [6.45, 7) is 0. The highest BCUT2D eigenvalue weighted by Crippen LogP contribution is 2.34. The molecule has 0 radical (unpaired) electrons. The maximum Gasteiger partial charge on any atom is 0.162 e. The SMILES string of the molecule is COc1cc2sc(C=CC=Cc3ccc(N)cc3)nc2cc1O. The van der Waals surface area contributed by atoms with E-state index in [4.69, 9.17) is 10.5 Å². The van der Waals surface area contributed by atoms with E-state index in [0.717, 1.165) is 26.5 Å². The van der Waals surface area contributed by atoms with Gasteiger partial charge in [0.15, 0.2) is 11.5 Å². The van der Waals surface area contributed by atoms with Gasteiger partial charge in [0, 0.05) is 17.8 Å². The number of aromatic hydroxyl groups is 1. The lowest BCUT2D eigenvalue weighted by Crippen LogP contribution is -1.82. The molecule has 0 aliphatic heterocycles. The smallest absolute Gasteiger partial charge is 0.162 e. The van der Waals surface area contributed by atoms with Crippen LogP contribution in [-0.4, -0.2) is 17.2 Å². The van der Waals surface area contributed by atoms with Crippen LogP contribution in [-0.2, 0) is 0 Å². The Bertz CT molecular complexity index is 880. The van der Waals surface area contributed by atoms with E-state index < -0.39 is 0 Å². The maximum atomic E-state index is 9.78. The lowest BCUT2D eigenvalue weighted by atomic mass is 10.2. The Morgan fingerprint density at radius 3 is 2.61 bits per heavy atom. The fourth-order valence-corrected chi connectivity index (χ4v) is 3.00. The molecule has 0 saturated heterocycles. The lowest BCUT2D eigenvalue weighted by molar-refractivity contribution is 0.374. The first-order valence-electron chi connectivity index (χ1n) is 7.03. The van der Waals surface area contributed by atoms with Gasteiger partial charge in [-0.2, -0.15) is 0 Å². The van der Waals surface area contributed by atoms with E-state index >= 15 is 0 Å². The van der Waals surface area contributed by atoms with Crippen molar-refractivity contribution >= 4 is 39.4 Å². The van der Waals surface area contributed by atoms with Gasteiger partial charge in [0.2, 0.25) is 0 Å². The van der Waals surface area contributed by atoms with Crippen LogP contribution in [0.15, 0.2) is 48.6 Å². The van der Waals surface area contributed by atoms with E-state index in [-0.39, 0.29) is 5.75 Å². The van der Waals surface area contributed by atoms with Crippen LogP contribution in [0.25, 0.3) is 22.4 Å². The van der Waals surface area contributed by atoms with Gasteiger partial charge in [-0.3, -0.25) is 0 Å². The summed E-state index contributed by atoms with van der Waals surface area (Å²) in [6, 6.07) is 11.1. The van der Waals surface area contributed by atoms with Gasteiger partial charge in [0.1, 0.15) is 5.01 Å². The number of benzene rings is 2. The average molecular weight is 324 g/mol. The zero-order chi connectivity index (χ0) is 16.2. The van der Waals surface area contributed by atoms with Crippen LogP contribution in [0, 0.1) is 0 Å². The predicted octanol–water partition coefficient (Wildman–Crippen LogP) is 4.32. The van der Waals surface area contributed by atoms with E-state index in [1.807, 2.05) is 48.6 Å². The molecule has 4 nitrogen and oxygen atoms in total. The number of nitrogen functional groups attached to an aromatic ring is 1. The van der Waals surface area contributed by atoms with E-state index in [9.17, 15) is 5.11 Å². The molecule has 0 aliphatic rings. The highest BCUT2D eigenvalue weighted by atomic mass is 32.1. The second-order valence-electron chi connectivity index (χ2n) is 4.93. The largest absolute Gasteiger partial charge is 0.504 e. The Morgan fingerprint density at radius 2 is 1.87 bits per heavy atom. The maximum absolute atomic E-state index is 9.78. The summed E-state index contributed by atoms with van der Waals surface area (Å²) >= 11 is 1.54. The van der Waals surface area contributed by atoms with Gasteiger partial charge in [-0.15, -0.1) is 11.3 Å². The van der Waals surface area contributed by atoms with Crippen LogP contribution in [0.2, 0.25) is 0 Å². The molecule has 116 valence electrons. The summed E-state index contributed by atoms with van der Waals surface area (Å²) in [6.07, 6.45) is 7.82. The molecule has 1 aromatic heterocycles. The molecule has 23 heavy (non-hydrogen) atoms. The van der Waals surface area contributed by atoms with Crippen molar-refractivity contribution in [3.63, 3.8) is 0 Å². The molecular weight excluding hydrogens is 308 g/mol. The van der Waals surface area contributed by atoms with Gasteiger partial charge in [-0.05, 0) is 23.8 Å². The number of fused-ring (bicyclic) bond motifs is 1. The number of hydrogen-bond acceptors (Lipinski definition) is 5. The van der Waals surface area contributed by atoms with Gasteiger partial charge in [-0.1, -0.05) is 30.4 Å². The summed E-state index contributed by atoms with van der Waals surface area (Å²) in [5.41, 5.74) is 8.25. The second-order valence-corrected chi connectivity index (χ2v) is 5.99. The lowest BCUT2D eigenvalue weighted by Gasteiger charge is -2.01. The summed E-state index contributed by atoms with van der Waals surface area (Å²) in [7, 11) is 1.53. The average Bonchev–Trinajstić information content (AvgIpc) is 2.94. The van der Waals surface area contributed by atoms with Crippen molar-refractivity contribution in [3.8, 4) is 11.5 Å². The number of nitrogens with two attached hydrogens (primary N) is 1. The molecule has 3 rings (SSSR count). The molecule has 0 atom stereocenters. The highest BCUT2D eigenvalue weighted by Gasteiger charge is 2.07. The van der Waals surface area contributed by atoms with Crippen LogP contribution in [0.1, 0.15) is 10.6 Å². The number of phenols is 1. The normalized spacial score (nSPS) is 11.7. The number of phenolic OH excluding ortho intramolecular Hbond substituents is 1. The van der Waals surface area contributed by atoms with Crippen LogP contribution >= 0.6 is 11.3 Å². The topological polar surface area (TPSA) is 68.4 Å². The van der Waals surface area contributed by atoms with Gasteiger partial charge in [0.05, 0.1) is 17.3 Å². The predicted molar refractivity (Wildman–Crippen MR) is 96.8 cm³/mol. The molecule has 0 saturated carbocycles. The quantitative estimate of drug-likeness (QED) is 0.554. The van der Waals surface area contributed by atoms with E-state index in [1.165, 1.54) is 7.11 Å². The number of rotatable bonds is 4. The number of allylic oxidation sites excluding steroid dienone is 2. The zero-order valence-corrected chi connectivity index (χ0v) is 13.4. The Hall–Kier alpha value is -2.79.